The number of carbonyl (C=O) groups excluding carboxylic acids is 2. The highest BCUT2D eigenvalue weighted by Gasteiger charge is 2.25. The summed E-state index contributed by atoms with van der Waals surface area (Å²) in [6, 6.07) is 0. The normalized spacial score (nSPS) is 24.7. The van der Waals surface area contributed by atoms with Gasteiger partial charge in [-0.15, -0.1) is 0 Å². The highest BCUT2D eigenvalue weighted by atomic mass is 16.5. The minimum absolute atomic E-state index is 0.440. The van der Waals surface area contributed by atoms with Crippen LogP contribution < -0.4 is 0 Å². The summed E-state index contributed by atoms with van der Waals surface area (Å²) in [7, 11) is 0. The molecule has 0 fully saturated rings. The van der Waals surface area contributed by atoms with Gasteiger partial charge in [-0.2, -0.15) is 0 Å². The molecule has 0 bridgehead atoms. The van der Waals surface area contributed by atoms with Crippen molar-refractivity contribution in [3.05, 3.63) is 12.3 Å². The molecule has 3 nitrogen and oxygen atoms in total. The molecule has 1 aliphatic heterocycles. The van der Waals surface area contributed by atoms with E-state index in [1.54, 1.807) is 6.92 Å². The van der Waals surface area contributed by atoms with Crippen LogP contribution in [0.1, 0.15) is 13.3 Å². The van der Waals surface area contributed by atoms with E-state index in [9.17, 15) is 9.59 Å². The quantitative estimate of drug-likeness (QED) is 0.496. The second-order valence-electron chi connectivity index (χ2n) is 2.06. The molecule has 1 atom stereocenters. The zero-order valence-corrected chi connectivity index (χ0v) is 5.66. The van der Waals surface area contributed by atoms with Crippen LogP contribution in [0.15, 0.2) is 12.3 Å². The van der Waals surface area contributed by atoms with E-state index in [-0.39, 0.29) is 0 Å². The Labute approximate surface area is 58.7 Å². The highest BCUT2D eigenvalue weighted by molar-refractivity contribution is 6.43. The van der Waals surface area contributed by atoms with Crippen molar-refractivity contribution in [1.29, 1.82) is 0 Å². The summed E-state index contributed by atoms with van der Waals surface area (Å²) < 4.78 is 4.86. The molecule has 0 amide bonds. The van der Waals surface area contributed by atoms with Crippen LogP contribution in [0.3, 0.4) is 0 Å². The molecule has 1 unspecified atom stereocenters. The van der Waals surface area contributed by atoms with Crippen molar-refractivity contribution >= 4 is 11.6 Å². The Morgan fingerprint density at radius 1 is 1.60 bits per heavy atom. The van der Waals surface area contributed by atoms with Crippen molar-refractivity contribution in [1.82, 2.24) is 0 Å². The predicted octanol–water partition coefficient (Wildman–Crippen LogP) is 0.447. The molecule has 0 radical (unpaired) electrons. The first-order valence-electron chi connectivity index (χ1n) is 3.16. The zero-order chi connectivity index (χ0) is 7.56. The number of hydrogen-bond acceptors (Lipinski definition) is 3. The molecular formula is C7H8O3. The monoisotopic (exact) mass is 140 g/mol. The summed E-state index contributed by atoms with van der Waals surface area (Å²) in [4.78, 5) is 21.5. The van der Waals surface area contributed by atoms with E-state index < -0.39 is 17.7 Å². The summed E-state index contributed by atoms with van der Waals surface area (Å²) in [5, 5.41) is 0. The number of carbonyl (C=O) groups is 2. The first-order valence-corrected chi connectivity index (χ1v) is 3.16. The summed E-state index contributed by atoms with van der Waals surface area (Å²) >= 11 is 0. The largest absolute Gasteiger partial charge is 0.490 e. The van der Waals surface area contributed by atoms with Crippen molar-refractivity contribution in [2.24, 2.45) is 0 Å². The van der Waals surface area contributed by atoms with Gasteiger partial charge in [-0.25, -0.2) is 0 Å². The van der Waals surface area contributed by atoms with Gasteiger partial charge in [-0.05, 0) is 6.42 Å². The van der Waals surface area contributed by atoms with E-state index in [0.717, 1.165) is 6.08 Å². The molecule has 54 valence electrons. The van der Waals surface area contributed by atoms with E-state index in [4.69, 9.17) is 4.74 Å². The topological polar surface area (TPSA) is 43.4 Å². The lowest BCUT2D eigenvalue weighted by molar-refractivity contribution is -0.141. The number of ketones is 2. The minimum atomic E-state index is -0.544. The fraction of sp³-hybridized carbons (Fsp3) is 0.429. The predicted molar refractivity (Wildman–Crippen MR) is 34.3 cm³/mol. The van der Waals surface area contributed by atoms with Crippen LogP contribution in [0.2, 0.25) is 0 Å². The molecule has 0 aliphatic carbocycles. The Morgan fingerprint density at radius 2 is 2.30 bits per heavy atom. The Morgan fingerprint density at radius 3 is 2.80 bits per heavy atom. The maximum absolute atomic E-state index is 10.8. The first kappa shape index (κ1) is 6.99. The highest BCUT2D eigenvalue weighted by Crippen LogP contribution is 2.06. The molecule has 0 saturated carbocycles. The van der Waals surface area contributed by atoms with Crippen molar-refractivity contribution in [3.8, 4) is 0 Å². The Kier molecular flexibility index (Phi) is 1.85. The molecule has 0 saturated heterocycles. The third-order valence-corrected chi connectivity index (χ3v) is 1.37. The molecule has 0 N–H and O–H groups in total. The van der Waals surface area contributed by atoms with Crippen LogP contribution in [0.4, 0.5) is 0 Å². The molecule has 3 heteroatoms. The van der Waals surface area contributed by atoms with E-state index in [1.165, 1.54) is 6.26 Å². The van der Waals surface area contributed by atoms with Gasteiger partial charge < -0.3 is 4.74 Å². The Bertz CT molecular complexity index is 193. The molecule has 1 rings (SSSR count). The summed E-state index contributed by atoms with van der Waals surface area (Å²) in [6.45, 7) is 1.80. The lowest BCUT2D eigenvalue weighted by atomic mass is 10.1. The molecule has 0 aromatic heterocycles. The van der Waals surface area contributed by atoms with Crippen LogP contribution in [0.25, 0.3) is 0 Å². The maximum atomic E-state index is 10.8. The van der Waals surface area contributed by atoms with Crippen LogP contribution in [-0.2, 0) is 14.3 Å². The zero-order valence-electron chi connectivity index (χ0n) is 5.66. The fourth-order valence-corrected chi connectivity index (χ4v) is 0.780. The molecular weight excluding hydrogens is 132 g/mol. The van der Waals surface area contributed by atoms with Crippen LogP contribution in [0, 0.1) is 0 Å². The molecule has 0 aromatic carbocycles. The number of ether oxygens (including phenoxy) is 1. The lowest BCUT2D eigenvalue weighted by Crippen LogP contribution is -2.31. The van der Waals surface area contributed by atoms with Crippen molar-refractivity contribution in [2.75, 3.05) is 0 Å². The van der Waals surface area contributed by atoms with Gasteiger partial charge in [-0.3, -0.25) is 9.59 Å². The second kappa shape index (κ2) is 2.64. The minimum Gasteiger partial charge on any atom is -0.490 e. The van der Waals surface area contributed by atoms with Crippen molar-refractivity contribution in [3.63, 3.8) is 0 Å². The van der Waals surface area contributed by atoms with Gasteiger partial charge in [0.1, 0.15) is 0 Å². The summed E-state index contributed by atoms with van der Waals surface area (Å²) in [6.07, 6.45) is 2.43. The molecule has 1 aliphatic rings. The van der Waals surface area contributed by atoms with Gasteiger partial charge in [0.25, 0.3) is 0 Å². The van der Waals surface area contributed by atoms with E-state index in [0.29, 0.717) is 6.42 Å². The Hall–Kier alpha value is -1.12. The van der Waals surface area contributed by atoms with Crippen molar-refractivity contribution in [2.45, 2.75) is 19.4 Å². The standard InChI is InChI=1S/C7H8O3/c1-2-6-7(9)5(8)3-4-10-6/h3-4,6H,2H2,1H3. The van der Waals surface area contributed by atoms with E-state index >= 15 is 0 Å². The molecule has 0 aromatic rings. The van der Waals surface area contributed by atoms with E-state index in [2.05, 4.69) is 0 Å². The van der Waals surface area contributed by atoms with Gasteiger partial charge in [0.2, 0.25) is 11.6 Å². The van der Waals surface area contributed by atoms with E-state index in [1.807, 2.05) is 0 Å². The number of allylic oxidation sites excluding steroid dienone is 1. The average molecular weight is 140 g/mol. The SMILES string of the molecule is CCC1OC=CC(=O)C1=O. The lowest BCUT2D eigenvalue weighted by Gasteiger charge is -2.14. The molecule has 10 heavy (non-hydrogen) atoms. The third kappa shape index (κ3) is 1.07. The van der Waals surface area contributed by atoms with Crippen molar-refractivity contribution < 1.29 is 14.3 Å². The van der Waals surface area contributed by atoms with Crippen LogP contribution >= 0.6 is 0 Å². The van der Waals surface area contributed by atoms with Crippen LogP contribution in [0.5, 0.6) is 0 Å². The fourth-order valence-electron chi connectivity index (χ4n) is 0.780. The number of hydrogen-bond donors (Lipinski definition) is 0. The number of rotatable bonds is 1. The van der Waals surface area contributed by atoms with Gasteiger partial charge in [-0.1, -0.05) is 6.92 Å². The average Bonchev–Trinajstić information content (AvgIpc) is 1.95. The second-order valence-corrected chi connectivity index (χ2v) is 2.06. The smallest absolute Gasteiger partial charge is 0.243 e. The Balaban J connectivity index is 2.74. The van der Waals surface area contributed by atoms with Gasteiger partial charge >= 0.3 is 0 Å². The summed E-state index contributed by atoms with van der Waals surface area (Å²) in [5.74, 6) is -0.900. The third-order valence-electron chi connectivity index (χ3n) is 1.37. The first-order chi connectivity index (χ1) is 4.75. The van der Waals surface area contributed by atoms with Crippen LogP contribution in [-0.4, -0.2) is 17.7 Å². The van der Waals surface area contributed by atoms with Gasteiger partial charge in [0.15, 0.2) is 6.10 Å². The maximum Gasteiger partial charge on any atom is 0.243 e. The van der Waals surface area contributed by atoms with Gasteiger partial charge in [0.05, 0.1) is 6.26 Å². The number of Topliss-reactive ketones (excluding diaryl/α,β-unsaturated/α-hetero) is 1. The summed E-state index contributed by atoms with van der Waals surface area (Å²) in [5.41, 5.74) is 0. The molecule has 1 heterocycles. The van der Waals surface area contributed by atoms with Gasteiger partial charge in [0, 0.05) is 6.08 Å². The molecule has 0 spiro atoms.